The van der Waals surface area contributed by atoms with Crippen molar-refractivity contribution in [2.45, 2.75) is 19.1 Å². The number of hydrogen-bond acceptors (Lipinski definition) is 2. The van der Waals surface area contributed by atoms with Gasteiger partial charge in [0.1, 0.15) is 6.04 Å². The van der Waals surface area contributed by atoms with Crippen molar-refractivity contribution < 1.29 is 22.8 Å². The first-order valence-electron chi connectivity index (χ1n) is 3.31. The Kier molecular flexibility index (Phi) is 3.27. The summed E-state index contributed by atoms with van der Waals surface area (Å²) in [7, 11) is 0.866. The molecule has 7 heteroatoms. The first-order chi connectivity index (χ1) is 5.68. The van der Waals surface area contributed by atoms with E-state index in [-0.39, 0.29) is 4.90 Å². The van der Waals surface area contributed by atoms with Gasteiger partial charge in [0, 0.05) is 7.05 Å². The lowest BCUT2D eigenvalue weighted by Crippen LogP contribution is -2.48. The van der Waals surface area contributed by atoms with Crippen LogP contribution in [-0.4, -0.2) is 36.0 Å². The van der Waals surface area contributed by atoms with Crippen LogP contribution in [-0.2, 0) is 9.59 Å². The maximum atomic E-state index is 11.8. The zero-order valence-corrected chi connectivity index (χ0v) is 7.05. The van der Waals surface area contributed by atoms with Gasteiger partial charge in [0.05, 0.1) is 0 Å². The maximum absolute atomic E-state index is 11.8. The lowest BCUT2D eigenvalue weighted by Gasteiger charge is -2.22. The topological polar surface area (TPSA) is 63.4 Å². The minimum atomic E-state index is -4.97. The Hall–Kier alpha value is -1.27. The van der Waals surface area contributed by atoms with Crippen molar-refractivity contribution in [2.75, 3.05) is 7.05 Å². The second-order valence-electron chi connectivity index (χ2n) is 2.49. The number of hydrogen-bond donors (Lipinski definition) is 1. The quantitative estimate of drug-likeness (QED) is 0.672. The molecule has 0 saturated heterocycles. The van der Waals surface area contributed by atoms with Gasteiger partial charge in [0.15, 0.2) is 0 Å². The van der Waals surface area contributed by atoms with E-state index in [1.165, 1.54) is 0 Å². The number of nitrogens with two attached hydrogens (primary N) is 1. The van der Waals surface area contributed by atoms with Gasteiger partial charge in [-0.05, 0) is 6.92 Å². The van der Waals surface area contributed by atoms with Crippen LogP contribution in [0.4, 0.5) is 13.2 Å². The number of carbonyl (C=O) groups excluding carboxylic acids is 2. The highest BCUT2D eigenvalue weighted by atomic mass is 19.4. The number of carbonyl (C=O) groups is 2. The van der Waals surface area contributed by atoms with Crippen molar-refractivity contribution in [1.82, 2.24) is 4.90 Å². The predicted octanol–water partition coefficient (Wildman–Crippen LogP) is -0.119. The number of halogens is 3. The number of rotatable bonds is 2. The monoisotopic (exact) mass is 198 g/mol. The van der Waals surface area contributed by atoms with Crippen LogP contribution in [0, 0.1) is 0 Å². The third-order valence-electron chi connectivity index (χ3n) is 1.56. The average Bonchev–Trinajstić information content (AvgIpc) is 1.98. The van der Waals surface area contributed by atoms with Gasteiger partial charge in [-0.2, -0.15) is 13.2 Å². The molecule has 13 heavy (non-hydrogen) atoms. The van der Waals surface area contributed by atoms with E-state index in [4.69, 9.17) is 5.73 Å². The largest absolute Gasteiger partial charge is 0.471 e. The lowest BCUT2D eigenvalue weighted by atomic mass is 10.3. The molecule has 2 amide bonds. The summed E-state index contributed by atoms with van der Waals surface area (Å²) in [5, 5.41) is 0. The summed E-state index contributed by atoms with van der Waals surface area (Å²) >= 11 is 0. The highest BCUT2D eigenvalue weighted by molar-refractivity contribution is 5.88. The third-order valence-corrected chi connectivity index (χ3v) is 1.56. The Balaban J connectivity index is 4.53. The van der Waals surface area contributed by atoms with Gasteiger partial charge >= 0.3 is 12.1 Å². The molecular weight excluding hydrogens is 189 g/mol. The Morgan fingerprint density at radius 1 is 1.38 bits per heavy atom. The van der Waals surface area contributed by atoms with Gasteiger partial charge < -0.3 is 10.6 Å². The Labute approximate surface area is 72.5 Å². The van der Waals surface area contributed by atoms with Crippen molar-refractivity contribution in [2.24, 2.45) is 5.73 Å². The number of primary amides is 1. The summed E-state index contributed by atoms with van der Waals surface area (Å²) < 4.78 is 35.3. The first kappa shape index (κ1) is 11.7. The molecule has 0 aliphatic carbocycles. The van der Waals surface area contributed by atoms with Gasteiger partial charge in [-0.25, -0.2) is 0 Å². The molecule has 1 unspecified atom stereocenters. The minimum absolute atomic E-state index is 0.252. The van der Waals surface area contributed by atoms with Crippen LogP contribution in [0.5, 0.6) is 0 Å². The summed E-state index contributed by atoms with van der Waals surface area (Å²) in [6.45, 7) is 1.12. The summed E-state index contributed by atoms with van der Waals surface area (Å²) in [6, 6.07) is -1.27. The zero-order chi connectivity index (χ0) is 10.8. The smallest absolute Gasteiger partial charge is 0.368 e. The number of nitrogens with zero attached hydrogens (tertiary/aromatic N) is 1. The number of amides is 2. The van der Waals surface area contributed by atoms with E-state index < -0.39 is 24.0 Å². The molecule has 0 rings (SSSR count). The van der Waals surface area contributed by atoms with Crippen LogP contribution in [0.3, 0.4) is 0 Å². The maximum Gasteiger partial charge on any atom is 0.471 e. The molecule has 0 fully saturated rings. The van der Waals surface area contributed by atoms with Gasteiger partial charge in [-0.3, -0.25) is 9.59 Å². The highest BCUT2D eigenvalue weighted by Crippen LogP contribution is 2.18. The second-order valence-corrected chi connectivity index (χ2v) is 2.49. The molecule has 0 saturated carbocycles. The van der Waals surface area contributed by atoms with E-state index in [0.29, 0.717) is 0 Å². The molecule has 2 N–H and O–H groups in total. The molecule has 4 nitrogen and oxygen atoms in total. The van der Waals surface area contributed by atoms with E-state index in [1.54, 1.807) is 0 Å². The average molecular weight is 198 g/mol. The highest BCUT2D eigenvalue weighted by Gasteiger charge is 2.43. The molecule has 0 aromatic rings. The fraction of sp³-hybridized carbons (Fsp3) is 0.667. The van der Waals surface area contributed by atoms with Crippen LogP contribution in [0.2, 0.25) is 0 Å². The molecule has 1 atom stereocenters. The molecule has 76 valence electrons. The molecule has 0 spiro atoms. The third kappa shape index (κ3) is 2.92. The molecule has 0 radical (unpaired) electrons. The standard InChI is InChI=1S/C6H9F3N2O2/c1-3(4(10)12)11(2)5(13)6(7,8)9/h3H,1-2H3,(H2,10,12). The summed E-state index contributed by atoms with van der Waals surface area (Å²) in [4.78, 5) is 21.2. The Bertz CT molecular complexity index is 226. The zero-order valence-electron chi connectivity index (χ0n) is 7.05. The van der Waals surface area contributed by atoms with E-state index >= 15 is 0 Å². The van der Waals surface area contributed by atoms with Crippen molar-refractivity contribution in [3.63, 3.8) is 0 Å². The molecule has 0 bridgehead atoms. The van der Waals surface area contributed by atoms with Crippen molar-refractivity contribution in [3.8, 4) is 0 Å². The predicted molar refractivity (Wildman–Crippen MR) is 37.5 cm³/mol. The molecule has 0 aromatic carbocycles. The Morgan fingerprint density at radius 2 is 1.77 bits per heavy atom. The van der Waals surface area contributed by atoms with Gasteiger partial charge in [-0.15, -0.1) is 0 Å². The van der Waals surface area contributed by atoms with Crippen molar-refractivity contribution in [1.29, 1.82) is 0 Å². The number of alkyl halides is 3. The van der Waals surface area contributed by atoms with Crippen molar-refractivity contribution >= 4 is 11.8 Å². The van der Waals surface area contributed by atoms with E-state index in [9.17, 15) is 22.8 Å². The van der Waals surface area contributed by atoms with Crippen molar-refractivity contribution in [3.05, 3.63) is 0 Å². The van der Waals surface area contributed by atoms with Crippen LogP contribution in [0.25, 0.3) is 0 Å². The van der Waals surface area contributed by atoms with Gasteiger partial charge in [0.2, 0.25) is 5.91 Å². The normalized spacial score (nSPS) is 13.6. The van der Waals surface area contributed by atoms with Crippen LogP contribution < -0.4 is 5.73 Å². The second kappa shape index (κ2) is 3.63. The molecule has 0 aliphatic heterocycles. The van der Waals surface area contributed by atoms with Crippen LogP contribution >= 0.6 is 0 Å². The van der Waals surface area contributed by atoms with E-state index in [0.717, 1.165) is 14.0 Å². The van der Waals surface area contributed by atoms with E-state index in [1.807, 2.05) is 0 Å². The lowest BCUT2D eigenvalue weighted by molar-refractivity contribution is -0.186. The molecule has 0 aromatic heterocycles. The molecule has 0 heterocycles. The molecular formula is C6H9F3N2O2. The summed E-state index contributed by atoms with van der Waals surface area (Å²) in [6.07, 6.45) is -4.97. The molecule has 0 aliphatic rings. The van der Waals surface area contributed by atoms with Crippen LogP contribution in [0.15, 0.2) is 0 Å². The van der Waals surface area contributed by atoms with E-state index in [2.05, 4.69) is 0 Å². The minimum Gasteiger partial charge on any atom is -0.368 e. The number of likely N-dealkylation sites (N-methyl/N-ethyl adjacent to an activating group) is 1. The SMILES string of the molecule is CC(C(N)=O)N(C)C(=O)C(F)(F)F. The Morgan fingerprint density at radius 3 is 2.00 bits per heavy atom. The summed E-state index contributed by atoms with van der Waals surface area (Å²) in [5.41, 5.74) is 4.72. The first-order valence-corrected chi connectivity index (χ1v) is 3.31. The van der Waals surface area contributed by atoms with Crippen LogP contribution in [0.1, 0.15) is 6.92 Å². The van der Waals surface area contributed by atoms with Gasteiger partial charge in [0.25, 0.3) is 0 Å². The summed E-state index contributed by atoms with van der Waals surface area (Å²) in [5.74, 6) is -3.07. The van der Waals surface area contributed by atoms with Gasteiger partial charge in [-0.1, -0.05) is 0 Å². The fourth-order valence-electron chi connectivity index (χ4n) is 0.567. The fourth-order valence-corrected chi connectivity index (χ4v) is 0.567.